The number of benzene rings is 2. The van der Waals surface area contributed by atoms with Crippen LogP contribution in [-0.4, -0.2) is 19.5 Å². The number of aromatic amines is 1. The van der Waals surface area contributed by atoms with Crippen LogP contribution in [0, 0.1) is 6.92 Å². The average Bonchev–Trinajstić information content (AvgIpc) is 3.15. The molecule has 4 nitrogen and oxygen atoms in total. The van der Waals surface area contributed by atoms with Gasteiger partial charge >= 0.3 is 0 Å². The van der Waals surface area contributed by atoms with E-state index in [0.717, 1.165) is 52.1 Å². The molecule has 0 saturated carbocycles. The zero-order valence-corrected chi connectivity index (χ0v) is 14.4. The second-order valence-corrected chi connectivity index (χ2v) is 6.46. The molecule has 0 saturated heterocycles. The van der Waals surface area contributed by atoms with Crippen LogP contribution in [0.5, 0.6) is 0 Å². The van der Waals surface area contributed by atoms with E-state index in [0.29, 0.717) is 0 Å². The maximum Gasteiger partial charge on any atom is 0.140 e. The minimum absolute atomic E-state index is 0.992. The molecule has 0 atom stereocenters. The van der Waals surface area contributed by atoms with Crippen molar-refractivity contribution in [2.45, 2.75) is 33.1 Å². The summed E-state index contributed by atoms with van der Waals surface area (Å²) in [5.74, 6) is 2.07. The molecule has 0 unspecified atom stereocenters. The Labute approximate surface area is 141 Å². The van der Waals surface area contributed by atoms with Crippen molar-refractivity contribution in [2.75, 3.05) is 0 Å². The molecule has 4 rings (SSSR count). The van der Waals surface area contributed by atoms with E-state index in [-0.39, 0.29) is 0 Å². The summed E-state index contributed by atoms with van der Waals surface area (Å²) in [6, 6.07) is 12.6. The van der Waals surface area contributed by atoms with Gasteiger partial charge < -0.3 is 9.55 Å². The number of fused-ring (bicyclic) bond motifs is 2. The Hall–Kier alpha value is -2.62. The van der Waals surface area contributed by atoms with E-state index < -0.39 is 0 Å². The maximum atomic E-state index is 4.82. The van der Waals surface area contributed by atoms with Crippen molar-refractivity contribution in [2.24, 2.45) is 7.05 Å². The molecule has 0 radical (unpaired) electrons. The van der Waals surface area contributed by atoms with Gasteiger partial charge in [0.05, 0.1) is 22.1 Å². The Morgan fingerprint density at radius 2 is 1.96 bits per heavy atom. The highest BCUT2D eigenvalue weighted by molar-refractivity contribution is 5.86. The van der Waals surface area contributed by atoms with Crippen LogP contribution in [0.4, 0.5) is 0 Å². The molecule has 0 bridgehead atoms. The number of aromatic nitrogens is 4. The van der Waals surface area contributed by atoms with Crippen LogP contribution in [-0.2, 0) is 13.5 Å². The van der Waals surface area contributed by atoms with Gasteiger partial charge in [0.15, 0.2) is 0 Å². The predicted octanol–water partition coefficient (Wildman–Crippen LogP) is 4.77. The van der Waals surface area contributed by atoms with Crippen molar-refractivity contribution >= 4 is 22.1 Å². The third-order valence-electron chi connectivity index (χ3n) is 4.64. The van der Waals surface area contributed by atoms with Crippen molar-refractivity contribution in [3.8, 4) is 11.4 Å². The number of hydrogen-bond acceptors (Lipinski definition) is 2. The number of unbranched alkanes of at least 4 members (excludes halogenated alkanes) is 1. The number of H-pyrrole nitrogens is 1. The summed E-state index contributed by atoms with van der Waals surface area (Å²) in [7, 11) is 2.07. The maximum absolute atomic E-state index is 4.82. The molecule has 0 amide bonds. The standard InChI is InChI=1S/C20H22N4/c1-4-5-10-18-21-16-12-14(11-13(2)19(16)23-18)20-22-15-8-6-7-9-17(15)24(20)3/h6-9,11-12H,4-5,10H2,1-3H3,(H,21,23). The molecule has 0 aliphatic rings. The summed E-state index contributed by atoms with van der Waals surface area (Å²) >= 11 is 0. The first-order valence-electron chi connectivity index (χ1n) is 8.58. The van der Waals surface area contributed by atoms with Crippen molar-refractivity contribution in [1.82, 2.24) is 19.5 Å². The molecule has 0 aliphatic heterocycles. The van der Waals surface area contributed by atoms with Crippen LogP contribution in [0.1, 0.15) is 31.2 Å². The minimum Gasteiger partial charge on any atom is -0.342 e. The lowest BCUT2D eigenvalue weighted by atomic mass is 10.1. The van der Waals surface area contributed by atoms with Gasteiger partial charge in [-0.25, -0.2) is 9.97 Å². The number of aryl methyl sites for hydroxylation is 3. The third-order valence-corrected chi connectivity index (χ3v) is 4.64. The smallest absolute Gasteiger partial charge is 0.140 e. The van der Waals surface area contributed by atoms with E-state index in [2.05, 4.69) is 60.8 Å². The van der Waals surface area contributed by atoms with Crippen LogP contribution >= 0.6 is 0 Å². The van der Waals surface area contributed by atoms with Crippen molar-refractivity contribution in [3.05, 3.63) is 47.8 Å². The summed E-state index contributed by atoms with van der Waals surface area (Å²) < 4.78 is 2.16. The molecule has 1 N–H and O–H groups in total. The lowest BCUT2D eigenvalue weighted by Crippen LogP contribution is -1.93. The number of rotatable bonds is 4. The van der Waals surface area contributed by atoms with Crippen LogP contribution in [0.25, 0.3) is 33.5 Å². The van der Waals surface area contributed by atoms with Crippen LogP contribution in [0.2, 0.25) is 0 Å². The molecule has 24 heavy (non-hydrogen) atoms. The average molecular weight is 318 g/mol. The summed E-state index contributed by atoms with van der Waals surface area (Å²) in [5.41, 5.74) is 6.67. The van der Waals surface area contributed by atoms with E-state index in [1.54, 1.807) is 0 Å². The molecule has 0 spiro atoms. The molecule has 2 heterocycles. The second kappa shape index (κ2) is 5.78. The first kappa shape index (κ1) is 14.9. The fourth-order valence-corrected chi connectivity index (χ4v) is 3.34. The Morgan fingerprint density at radius 3 is 2.75 bits per heavy atom. The highest BCUT2D eigenvalue weighted by Crippen LogP contribution is 2.28. The first-order chi connectivity index (χ1) is 11.7. The monoisotopic (exact) mass is 318 g/mol. The van der Waals surface area contributed by atoms with Gasteiger partial charge in [-0.2, -0.15) is 0 Å². The van der Waals surface area contributed by atoms with Crippen LogP contribution in [0.3, 0.4) is 0 Å². The zero-order valence-electron chi connectivity index (χ0n) is 14.4. The lowest BCUT2D eigenvalue weighted by molar-refractivity contribution is 0.765. The van der Waals surface area contributed by atoms with Gasteiger partial charge in [-0.05, 0) is 43.2 Å². The topological polar surface area (TPSA) is 46.5 Å². The summed E-state index contributed by atoms with van der Waals surface area (Å²) in [4.78, 5) is 13.1. The number of para-hydroxylation sites is 2. The molecule has 0 aliphatic carbocycles. The molecular weight excluding hydrogens is 296 g/mol. The number of imidazole rings is 2. The molecule has 4 aromatic rings. The fraction of sp³-hybridized carbons (Fsp3) is 0.300. The van der Waals surface area contributed by atoms with E-state index in [1.165, 1.54) is 12.0 Å². The number of nitrogens with one attached hydrogen (secondary N) is 1. The Kier molecular flexibility index (Phi) is 3.60. The second-order valence-electron chi connectivity index (χ2n) is 6.46. The number of nitrogens with zero attached hydrogens (tertiary/aromatic N) is 3. The van der Waals surface area contributed by atoms with Crippen molar-refractivity contribution in [3.63, 3.8) is 0 Å². The highest BCUT2D eigenvalue weighted by Gasteiger charge is 2.13. The largest absolute Gasteiger partial charge is 0.342 e. The quantitative estimate of drug-likeness (QED) is 0.589. The lowest BCUT2D eigenvalue weighted by Gasteiger charge is -2.04. The summed E-state index contributed by atoms with van der Waals surface area (Å²) in [6.45, 7) is 4.33. The van der Waals surface area contributed by atoms with Crippen molar-refractivity contribution < 1.29 is 0 Å². The van der Waals surface area contributed by atoms with Gasteiger partial charge in [0.25, 0.3) is 0 Å². The van der Waals surface area contributed by atoms with Crippen molar-refractivity contribution in [1.29, 1.82) is 0 Å². The molecule has 2 aromatic heterocycles. The van der Waals surface area contributed by atoms with Gasteiger partial charge in [0.2, 0.25) is 0 Å². The summed E-state index contributed by atoms with van der Waals surface area (Å²) in [5, 5.41) is 0. The molecule has 122 valence electrons. The first-order valence-corrected chi connectivity index (χ1v) is 8.58. The minimum atomic E-state index is 0.992. The fourth-order valence-electron chi connectivity index (χ4n) is 3.34. The Bertz CT molecular complexity index is 1020. The third kappa shape index (κ3) is 2.39. The molecule has 0 fully saturated rings. The van der Waals surface area contributed by atoms with Crippen LogP contribution in [0.15, 0.2) is 36.4 Å². The van der Waals surface area contributed by atoms with Gasteiger partial charge in [-0.1, -0.05) is 25.5 Å². The Balaban J connectivity index is 1.85. The van der Waals surface area contributed by atoms with E-state index in [1.807, 2.05) is 6.07 Å². The molecule has 4 heteroatoms. The predicted molar refractivity (Wildman–Crippen MR) is 99.2 cm³/mol. The van der Waals surface area contributed by atoms with Gasteiger partial charge in [-0.3, -0.25) is 0 Å². The van der Waals surface area contributed by atoms with E-state index in [4.69, 9.17) is 9.97 Å². The highest BCUT2D eigenvalue weighted by atomic mass is 15.1. The molecular formula is C20H22N4. The zero-order chi connectivity index (χ0) is 16.7. The molecule has 2 aromatic carbocycles. The Morgan fingerprint density at radius 1 is 1.12 bits per heavy atom. The number of hydrogen-bond donors (Lipinski definition) is 1. The van der Waals surface area contributed by atoms with Gasteiger partial charge in [0, 0.05) is 19.0 Å². The van der Waals surface area contributed by atoms with Crippen LogP contribution < -0.4 is 0 Å². The normalized spacial score (nSPS) is 11.6. The summed E-state index contributed by atoms with van der Waals surface area (Å²) in [6.07, 6.45) is 3.35. The van der Waals surface area contributed by atoms with Gasteiger partial charge in [-0.15, -0.1) is 0 Å². The van der Waals surface area contributed by atoms with E-state index in [9.17, 15) is 0 Å². The SMILES string of the molecule is CCCCc1nc2c(C)cc(-c3nc4ccccc4n3C)cc2[nH]1. The van der Waals surface area contributed by atoms with Gasteiger partial charge in [0.1, 0.15) is 11.6 Å². The van der Waals surface area contributed by atoms with E-state index >= 15 is 0 Å².